The van der Waals surface area contributed by atoms with Crippen LogP contribution in [0.4, 0.5) is 0 Å². The lowest BCUT2D eigenvalue weighted by Crippen LogP contribution is -2.21. The van der Waals surface area contributed by atoms with Crippen molar-refractivity contribution in [3.8, 4) is 5.75 Å². The topological polar surface area (TPSA) is 47.3 Å². The summed E-state index contributed by atoms with van der Waals surface area (Å²) in [7, 11) is 0. The summed E-state index contributed by atoms with van der Waals surface area (Å²) < 4.78 is 11.1. The SMILES string of the molecule is CCCOc1cncc(C(NCC)c2ccc(Cl)o2)c1. The van der Waals surface area contributed by atoms with Crippen molar-refractivity contribution in [1.29, 1.82) is 0 Å². The number of nitrogens with one attached hydrogen (secondary N) is 1. The fraction of sp³-hybridized carbons (Fsp3) is 0.400. The Morgan fingerprint density at radius 1 is 1.35 bits per heavy atom. The highest BCUT2D eigenvalue weighted by atomic mass is 35.5. The van der Waals surface area contributed by atoms with E-state index >= 15 is 0 Å². The normalized spacial score (nSPS) is 12.3. The van der Waals surface area contributed by atoms with Crippen molar-refractivity contribution in [3.05, 3.63) is 47.1 Å². The first-order chi connectivity index (χ1) is 9.74. The van der Waals surface area contributed by atoms with E-state index in [-0.39, 0.29) is 6.04 Å². The van der Waals surface area contributed by atoms with Gasteiger partial charge in [0.15, 0.2) is 5.22 Å². The van der Waals surface area contributed by atoms with Gasteiger partial charge < -0.3 is 14.5 Å². The maximum absolute atomic E-state index is 5.86. The first kappa shape index (κ1) is 14.9. The van der Waals surface area contributed by atoms with Gasteiger partial charge in [-0.2, -0.15) is 0 Å². The van der Waals surface area contributed by atoms with Gasteiger partial charge in [0, 0.05) is 6.20 Å². The molecule has 0 aliphatic heterocycles. The zero-order chi connectivity index (χ0) is 14.4. The van der Waals surface area contributed by atoms with Gasteiger partial charge in [-0.1, -0.05) is 13.8 Å². The van der Waals surface area contributed by atoms with Crippen LogP contribution in [-0.4, -0.2) is 18.1 Å². The molecule has 0 radical (unpaired) electrons. The molecular formula is C15H19ClN2O2. The molecule has 2 rings (SSSR count). The highest BCUT2D eigenvalue weighted by Gasteiger charge is 2.17. The molecule has 4 nitrogen and oxygen atoms in total. The summed E-state index contributed by atoms with van der Waals surface area (Å²) in [6, 6.07) is 5.51. The van der Waals surface area contributed by atoms with Crippen LogP contribution in [0.2, 0.25) is 5.22 Å². The summed E-state index contributed by atoms with van der Waals surface area (Å²) in [6.45, 7) is 5.61. The monoisotopic (exact) mass is 294 g/mol. The van der Waals surface area contributed by atoms with Crippen molar-refractivity contribution in [3.63, 3.8) is 0 Å². The molecular weight excluding hydrogens is 276 g/mol. The molecule has 0 saturated heterocycles. The number of nitrogens with zero attached hydrogens (tertiary/aromatic N) is 1. The second-order valence-electron chi connectivity index (χ2n) is 4.44. The maximum Gasteiger partial charge on any atom is 0.193 e. The van der Waals surface area contributed by atoms with Gasteiger partial charge in [-0.15, -0.1) is 0 Å². The van der Waals surface area contributed by atoms with Crippen molar-refractivity contribution >= 4 is 11.6 Å². The van der Waals surface area contributed by atoms with Crippen LogP contribution in [-0.2, 0) is 0 Å². The van der Waals surface area contributed by atoms with Gasteiger partial charge in [-0.05, 0) is 48.3 Å². The minimum Gasteiger partial charge on any atom is -0.492 e. The molecule has 20 heavy (non-hydrogen) atoms. The molecule has 2 aromatic heterocycles. The number of hydrogen-bond donors (Lipinski definition) is 1. The van der Waals surface area contributed by atoms with Gasteiger partial charge in [0.25, 0.3) is 0 Å². The summed E-state index contributed by atoms with van der Waals surface area (Å²) in [5.41, 5.74) is 0.992. The molecule has 2 heterocycles. The van der Waals surface area contributed by atoms with Crippen LogP contribution in [0, 0.1) is 0 Å². The number of pyridine rings is 1. The number of aromatic nitrogens is 1. The lowest BCUT2D eigenvalue weighted by Gasteiger charge is -2.16. The van der Waals surface area contributed by atoms with Crippen LogP contribution in [0.5, 0.6) is 5.75 Å². The molecule has 0 aliphatic carbocycles. The number of rotatable bonds is 7. The lowest BCUT2D eigenvalue weighted by atomic mass is 10.1. The Balaban J connectivity index is 2.24. The number of hydrogen-bond acceptors (Lipinski definition) is 4. The van der Waals surface area contributed by atoms with Crippen molar-refractivity contribution in [2.24, 2.45) is 0 Å². The maximum atomic E-state index is 5.86. The highest BCUT2D eigenvalue weighted by molar-refractivity contribution is 6.28. The Labute approximate surface area is 124 Å². The summed E-state index contributed by atoms with van der Waals surface area (Å²) in [6.07, 6.45) is 4.49. The molecule has 0 aromatic carbocycles. The Kier molecular flexibility index (Phi) is 5.44. The summed E-state index contributed by atoms with van der Waals surface area (Å²) >= 11 is 5.86. The second-order valence-corrected chi connectivity index (χ2v) is 4.81. The standard InChI is InChI=1S/C15H19ClN2O2/c1-3-7-19-12-8-11(9-17-10-12)15(18-4-2)13-5-6-14(16)20-13/h5-6,8-10,15,18H,3-4,7H2,1-2H3. The van der Waals surface area contributed by atoms with Crippen molar-refractivity contribution < 1.29 is 9.15 Å². The zero-order valence-corrected chi connectivity index (χ0v) is 12.5. The van der Waals surface area contributed by atoms with Crippen molar-refractivity contribution in [2.75, 3.05) is 13.2 Å². The second kappa shape index (κ2) is 7.31. The minimum atomic E-state index is -0.0785. The van der Waals surface area contributed by atoms with E-state index in [1.807, 2.05) is 25.3 Å². The van der Waals surface area contributed by atoms with Gasteiger partial charge in [0.2, 0.25) is 0 Å². The van der Waals surface area contributed by atoms with Crippen LogP contribution < -0.4 is 10.1 Å². The third-order valence-corrected chi connectivity index (χ3v) is 3.03. The summed E-state index contributed by atoms with van der Waals surface area (Å²) in [4.78, 5) is 4.23. The first-order valence-corrected chi connectivity index (χ1v) is 7.18. The number of halogens is 1. The molecule has 0 bridgehead atoms. The quantitative estimate of drug-likeness (QED) is 0.843. The van der Waals surface area contributed by atoms with Crippen LogP contribution >= 0.6 is 11.6 Å². The van der Waals surface area contributed by atoms with E-state index in [1.54, 1.807) is 12.3 Å². The van der Waals surface area contributed by atoms with Gasteiger partial charge in [0.05, 0.1) is 18.8 Å². The summed E-state index contributed by atoms with van der Waals surface area (Å²) in [5, 5.41) is 3.75. The molecule has 5 heteroatoms. The molecule has 0 amide bonds. The largest absolute Gasteiger partial charge is 0.492 e. The third kappa shape index (κ3) is 3.74. The van der Waals surface area contributed by atoms with Gasteiger partial charge >= 0.3 is 0 Å². The molecule has 1 unspecified atom stereocenters. The average Bonchev–Trinajstić information content (AvgIpc) is 2.89. The smallest absolute Gasteiger partial charge is 0.193 e. The number of ether oxygens (including phenoxy) is 1. The molecule has 1 N–H and O–H groups in total. The minimum absolute atomic E-state index is 0.0785. The van der Waals surface area contributed by atoms with E-state index in [0.717, 1.165) is 30.0 Å². The van der Waals surface area contributed by atoms with Gasteiger partial charge in [-0.3, -0.25) is 4.98 Å². The van der Waals surface area contributed by atoms with Crippen LogP contribution in [0.3, 0.4) is 0 Å². The van der Waals surface area contributed by atoms with Crippen LogP contribution in [0.1, 0.15) is 37.6 Å². The Hall–Kier alpha value is -1.52. The van der Waals surface area contributed by atoms with Gasteiger partial charge in [0.1, 0.15) is 11.5 Å². The van der Waals surface area contributed by atoms with Crippen LogP contribution in [0.15, 0.2) is 35.0 Å². The average molecular weight is 295 g/mol. The Morgan fingerprint density at radius 2 is 2.20 bits per heavy atom. The van der Waals surface area contributed by atoms with E-state index in [2.05, 4.69) is 17.2 Å². The predicted molar refractivity (Wildman–Crippen MR) is 79.3 cm³/mol. The van der Waals surface area contributed by atoms with E-state index in [4.69, 9.17) is 20.8 Å². The molecule has 0 fully saturated rings. The van der Waals surface area contributed by atoms with Crippen molar-refractivity contribution in [1.82, 2.24) is 10.3 Å². The lowest BCUT2D eigenvalue weighted by molar-refractivity contribution is 0.315. The third-order valence-electron chi connectivity index (χ3n) is 2.83. The van der Waals surface area contributed by atoms with E-state index in [1.165, 1.54) is 0 Å². The first-order valence-electron chi connectivity index (χ1n) is 6.81. The number of furan rings is 1. The van der Waals surface area contributed by atoms with Crippen LogP contribution in [0.25, 0.3) is 0 Å². The molecule has 108 valence electrons. The van der Waals surface area contributed by atoms with E-state index in [9.17, 15) is 0 Å². The molecule has 0 aliphatic rings. The Morgan fingerprint density at radius 3 is 2.85 bits per heavy atom. The fourth-order valence-corrected chi connectivity index (χ4v) is 2.11. The fourth-order valence-electron chi connectivity index (χ4n) is 1.96. The van der Waals surface area contributed by atoms with E-state index in [0.29, 0.717) is 11.8 Å². The van der Waals surface area contributed by atoms with E-state index < -0.39 is 0 Å². The molecule has 0 spiro atoms. The highest BCUT2D eigenvalue weighted by Crippen LogP contribution is 2.27. The molecule has 0 saturated carbocycles. The van der Waals surface area contributed by atoms with Gasteiger partial charge in [-0.25, -0.2) is 0 Å². The van der Waals surface area contributed by atoms with Crippen molar-refractivity contribution in [2.45, 2.75) is 26.3 Å². The Bertz CT molecular complexity index is 542. The predicted octanol–water partition coefficient (Wildman–Crippen LogP) is 3.82. The molecule has 1 atom stereocenters. The molecule has 2 aromatic rings. The zero-order valence-electron chi connectivity index (χ0n) is 11.7. The summed E-state index contributed by atoms with van der Waals surface area (Å²) in [5.74, 6) is 1.54.